The number of nitrogen functional groups attached to an aromatic ring is 1. The number of rotatable bonds is 2. The van der Waals surface area contributed by atoms with Crippen LogP contribution in [0, 0.1) is 0 Å². The average Bonchev–Trinajstić information content (AvgIpc) is 3.00. The van der Waals surface area contributed by atoms with Gasteiger partial charge in [-0.1, -0.05) is 12.1 Å². The standard InChI is InChI=1S/C18H18N2O2S/c19-13-6-4-5-12(9-13)14-11-23-18-15(21)10-16(22-17(14)18)20-7-2-1-3-8-20/h4-6,9-11H,1-3,7-8,19H2. The van der Waals surface area contributed by atoms with Gasteiger partial charge in [0, 0.05) is 35.8 Å². The molecule has 0 radical (unpaired) electrons. The minimum absolute atomic E-state index is 0.0342. The van der Waals surface area contributed by atoms with Crippen molar-refractivity contribution in [2.24, 2.45) is 0 Å². The highest BCUT2D eigenvalue weighted by molar-refractivity contribution is 7.17. The lowest BCUT2D eigenvalue weighted by atomic mass is 10.1. The molecule has 0 atom stereocenters. The molecule has 23 heavy (non-hydrogen) atoms. The lowest BCUT2D eigenvalue weighted by molar-refractivity contribution is 0.513. The highest BCUT2D eigenvalue weighted by Gasteiger charge is 2.18. The van der Waals surface area contributed by atoms with Gasteiger partial charge in [0.25, 0.3) is 0 Å². The van der Waals surface area contributed by atoms with Gasteiger partial charge in [0.2, 0.25) is 5.43 Å². The van der Waals surface area contributed by atoms with Crippen LogP contribution >= 0.6 is 11.3 Å². The minimum Gasteiger partial charge on any atom is -0.439 e. The third-order valence-electron chi connectivity index (χ3n) is 4.30. The summed E-state index contributed by atoms with van der Waals surface area (Å²) in [5, 5.41) is 1.98. The number of hydrogen-bond donors (Lipinski definition) is 1. The van der Waals surface area contributed by atoms with Gasteiger partial charge < -0.3 is 15.1 Å². The molecular formula is C18H18N2O2S. The summed E-state index contributed by atoms with van der Waals surface area (Å²) in [6, 6.07) is 9.31. The van der Waals surface area contributed by atoms with Crippen molar-refractivity contribution < 1.29 is 4.42 Å². The summed E-state index contributed by atoms with van der Waals surface area (Å²) in [6.45, 7) is 1.90. The minimum atomic E-state index is 0.0342. The topological polar surface area (TPSA) is 59.5 Å². The van der Waals surface area contributed by atoms with Gasteiger partial charge in [-0.3, -0.25) is 4.79 Å². The number of thiophene rings is 1. The summed E-state index contributed by atoms with van der Waals surface area (Å²) in [5.41, 5.74) is 9.22. The quantitative estimate of drug-likeness (QED) is 0.721. The van der Waals surface area contributed by atoms with Crippen LogP contribution in [0.1, 0.15) is 19.3 Å². The molecule has 0 amide bonds. The summed E-state index contributed by atoms with van der Waals surface area (Å²) in [7, 11) is 0. The average molecular weight is 326 g/mol. The van der Waals surface area contributed by atoms with E-state index in [2.05, 4.69) is 4.90 Å². The van der Waals surface area contributed by atoms with Crippen LogP contribution in [0.5, 0.6) is 0 Å². The zero-order valence-corrected chi connectivity index (χ0v) is 13.6. The second kappa shape index (κ2) is 5.74. The van der Waals surface area contributed by atoms with Gasteiger partial charge in [-0.25, -0.2) is 0 Å². The van der Waals surface area contributed by atoms with Crippen LogP contribution in [0.4, 0.5) is 11.6 Å². The van der Waals surface area contributed by atoms with Gasteiger partial charge in [0.15, 0.2) is 11.5 Å². The highest BCUT2D eigenvalue weighted by Crippen LogP contribution is 2.35. The second-order valence-electron chi connectivity index (χ2n) is 5.93. The van der Waals surface area contributed by atoms with Crippen LogP contribution in [0.3, 0.4) is 0 Å². The Hall–Kier alpha value is -2.27. The normalized spacial score (nSPS) is 15.2. The molecular weight excluding hydrogens is 308 g/mol. The number of hydrogen-bond acceptors (Lipinski definition) is 5. The van der Waals surface area contributed by atoms with Gasteiger partial charge in [-0.15, -0.1) is 11.3 Å². The van der Waals surface area contributed by atoms with E-state index in [1.165, 1.54) is 17.8 Å². The lowest BCUT2D eigenvalue weighted by Crippen LogP contribution is -2.29. The summed E-state index contributed by atoms with van der Waals surface area (Å²) in [6.07, 6.45) is 3.54. The summed E-state index contributed by atoms with van der Waals surface area (Å²) < 4.78 is 6.81. The smallest absolute Gasteiger partial charge is 0.204 e. The first-order valence-electron chi connectivity index (χ1n) is 7.88. The first-order valence-corrected chi connectivity index (χ1v) is 8.76. The van der Waals surface area contributed by atoms with E-state index in [-0.39, 0.29) is 5.43 Å². The Morgan fingerprint density at radius 3 is 2.74 bits per heavy atom. The Kier molecular flexibility index (Phi) is 3.58. The van der Waals surface area contributed by atoms with Gasteiger partial charge in [0.05, 0.1) is 0 Å². The van der Waals surface area contributed by atoms with E-state index in [4.69, 9.17) is 10.2 Å². The Bertz CT molecular complexity index is 907. The summed E-state index contributed by atoms with van der Waals surface area (Å²) in [5.74, 6) is 0.686. The van der Waals surface area contributed by atoms with E-state index in [1.807, 2.05) is 29.6 Å². The first kappa shape index (κ1) is 14.3. The van der Waals surface area contributed by atoms with Gasteiger partial charge in [-0.2, -0.15) is 0 Å². The van der Waals surface area contributed by atoms with Gasteiger partial charge in [-0.05, 0) is 37.0 Å². The van der Waals surface area contributed by atoms with E-state index in [1.54, 1.807) is 6.07 Å². The molecule has 0 spiro atoms. The van der Waals surface area contributed by atoms with E-state index in [0.717, 1.165) is 37.1 Å². The maximum absolute atomic E-state index is 12.5. The molecule has 2 N–H and O–H groups in total. The fraction of sp³-hybridized carbons (Fsp3) is 0.278. The van der Waals surface area contributed by atoms with Crippen LogP contribution in [0.25, 0.3) is 21.4 Å². The Morgan fingerprint density at radius 2 is 1.96 bits per heavy atom. The molecule has 2 aromatic heterocycles. The number of nitrogens with zero attached hydrogens (tertiary/aromatic N) is 1. The fourth-order valence-electron chi connectivity index (χ4n) is 3.11. The van der Waals surface area contributed by atoms with Crippen molar-refractivity contribution in [3.8, 4) is 11.1 Å². The van der Waals surface area contributed by atoms with E-state index in [0.29, 0.717) is 21.9 Å². The Labute approximate surface area is 138 Å². The lowest BCUT2D eigenvalue weighted by Gasteiger charge is -2.26. The summed E-state index contributed by atoms with van der Waals surface area (Å²) in [4.78, 5) is 14.6. The first-order chi connectivity index (χ1) is 11.2. The molecule has 3 aromatic rings. The number of benzene rings is 1. The molecule has 0 bridgehead atoms. The molecule has 1 fully saturated rings. The molecule has 118 valence electrons. The number of fused-ring (bicyclic) bond motifs is 1. The molecule has 4 nitrogen and oxygen atoms in total. The molecule has 4 rings (SSSR count). The third-order valence-corrected chi connectivity index (χ3v) is 5.27. The molecule has 1 aromatic carbocycles. The van der Waals surface area contributed by atoms with Crippen LogP contribution in [-0.4, -0.2) is 13.1 Å². The second-order valence-corrected chi connectivity index (χ2v) is 6.81. The predicted octanol–water partition coefficient (Wildman–Crippen LogP) is 4.09. The Morgan fingerprint density at radius 1 is 1.13 bits per heavy atom. The number of piperidine rings is 1. The predicted molar refractivity (Wildman–Crippen MR) is 96.3 cm³/mol. The number of anilines is 2. The fourth-order valence-corrected chi connectivity index (χ4v) is 4.02. The molecule has 0 saturated carbocycles. The van der Waals surface area contributed by atoms with Crippen molar-refractivity contribution in [3.05, 3.63) is 45.9 Å². The van der Waals surface area contributed by atoms with Crippen molar-refractivity contribution >= 4 is 33.2 Å². The van der Waals surface area contributed by atoms with Crippen molar-refractivity contribution in [3.63, 3.8) is 0 Å². The molecule has 5 heteroatoms. The van der Waals surface area contributed by atoms with Crippen molar-refractivity contribution in [1.82, 2.24) is 0 Å². The SMILES string of the molecule is Nc1cccc(-c2csc3c(=O)cc(N4CCCCC4)oc23)c1. The maximum Gasteiger partial charge on any atom is 0.204 e. The van der Waals surface area contributed by atoms with Crippen molar-refractivity contribution in [1.29, 1.82) is 0 Å². The largest absolute Gasteiger partial charge is 0.439 e. The molecule has 1 aliphatic rings. The molecule has 0 unspecified atom stereocenters. The van der Waals surface area contributed by atoms with Gasteiger partial charge in [0.1, 0.15) is 4.70 Å². The van der Waals surface area contributed by atoms with E-state index in [9.17, 15) is 4.79 Å². The van der Waals surface area contributed by atoms with Crippen LogP contribution in [0.2, 0.25) is 0 Å². The molecule has 1 saturated heterocycles. The monoisotopic (exact) mass is 326 g/mol. The van der Waals surface area contributed by atoms with Crippen LogP contribution in [-0.2, 0) is 0 Å². The zero-order valence-electron chi connectivity index (χ0n) is 12.7. The van der Waals surface area contributed by atoms with Crippen LogP contribution < -0.4 is 16.1 Å². The van der Waals surface area contributed by atoms with Crippen LogP contribution in [0.15, 0.2) is 44.9 Å². The molecule has 1 aliphatic heterocycles. The number of nitrogens with two attached hydrogens (primary N) is 1. The van der Waals surface area contributed by atoms with Crippen molar-refractivity contribution in [2.45, 2.75) is 19.3 Å². The van der Waals surface area contributed by atoms with E-state index >= 15 is 0 Å². The summed E-state index contributed by atoms with van der Waals surface area (Å²) >= 11 is 1.43. The molecule has 3 heterocycles. The maximum atomic E-state index is 12.5. The zero-order chi connectivity index (χ0) is 15.8. The van der Waals surface area contributed by atoms with E-state index < -0.39 is 0 Å². The highest BCUT2D eigenvalue weighted by atomic mass is 32.1. The third kappa shape index (κ3) is 2.61. The Balaban J connectivity index is 1.86. The van der Waals surface area contributed by atoms with Gasteiger partial charge >= 0.3 is 0 Å². The van der Waals surface area contributed by atoms with Crippen molar-refractivity contribution in [2.75, 3.05) is 23.7 Å². The molecule has 0 aliphatic carbocycles.